The molecule has 1 fully saturated rings. The number of carbonyl (C=O) groups excluding carboxylic acids is 2. The number of alkyl halides is 1. The molecule has 5 rings (SSSR count). The molecule has 0 spiro atoms. The van der Waals surface area contributed by atoms with E-state index in [9.17, 15) is 23.5 Å². The van der Waals surface area contributed by atoms with Gasteiger partial charge in [-0.3, -0.25) is 9.59 Å². The fourth-order valence-corrected chi connectivity index (χ4v) is 5.46. The van der Waals surface area contributed by atoms with E-state index in [0.29, 0.717) is 10.3 Å². The molecule has 2 heterocycles. The first-order valence-electron chi connectivity index (χ1n) is 12.7. The van der Waals surface area contributed by atoms with E-state index in [1.54, 1.807) is 6.92 Å². The number of primary amides is 1. The number of halogens is 3. The van der Waals surface area contributed by atoms with Crippen molar-refractivity contribution in [1.82, 2.24) is 15.3 Å². The predicted octanol–water partition coefficient (Wildman–Crippen LogP) is 3.76. The smallest absolute Gasteiger partial charge is 0.251 e. The minimum absolute atomic E-state index is 0.0218. The molecule has 6 N–H and O–H groups in total. The van der Waals surface area contributed by atoms with Gasteiger partial charge < -0.3 is 26.6 Å². The first kappa shape index (κ1) is 28.3. The maximum Gasteiger partial charge on any atom is 0.251 e. The lowest BCUT2D eigenvalue weighted by atomic mass is 9.88. The summed E-state index contributed by atoms with van der Waals surface area (Å²) in [5.41, 5.74) is 7.11. The van der Waals surface area contributed by atoms with Crippen molar-refractivity contribution in [2.45, 2.75) is 37.5 Å². The Labute approximate surface area is 236 Å². The summed E-state index contributed by atoms with van der Waals surface area (Å²) in [5.74, 6) is -2.58. The van der Waals surface area contributed by atoms with Crippen molar-refractivity contribution >= 4 is 38.5 Å². The van der Waals surface area contributed by atoms with Crippen molar-refractivity contribution in [2.24, 2.45) is 5.73 Å². The molecule has 2 aromatic heterocycles. The van der Waals surface area contributed by atoms with Gasteiger partial charge in [-0.2, -0.15) is 0 Å². The standard InChI is InChI=1S/C28H26F3N5O4S/c1-2-40-24-15(12-21(32)37)11-20(35-22(24)14-3-5-17(29)6-4-14)28(39,27(31)7-8-27)13-34-25(38)16-9-18(30)23-19(10-16)41-26(33)36-23/h3-6,9-11,39H,2,7-8,12-13H2,1H3,(H2,32,37)(H2,33,36)(H,34,38)/t28-/m0/s1. The molecule has 1 aliphatic rings. The number of hydrogen-bond acceptors (Lipinski definition) is 8. The second-order valence-corrected chi connectivity index (χ2v) is 10.9. The average Bonchev–Trinajstić information content (AvgIpc) is 3.57. The zero-order valence-electron chi connectivity index (χ0n) is 21.8. The van der Waals surface area contributed by atoms with Gasteiger partial charge in [-0.15, -0.1) is 0 Å². The SMILES string of the molecule is CCOc1c(CC(N)=O)cc([C@@](O)(CNC(=O)c2cc(F)c3nc(N)sc3c2)C2(F)CC2)nc1-c1ccc(F)cc1. The van der Waals surface area contributed by atoms with Crippen LogP contribution in [0, 0.1) is 11.6 Å². The van der Waals surface area contributed by atoms with Crippen molar-refractivity contribution in [3.05, 3.63) is 70.9 Å². The summed E-state index contributed by atoms with van der Waals surface area (Å²) in [6.45, 7) is 1.26. The molecule has 0 bridgehead atoms. The third-order valence-corrected chi connectivity index (χ3v) is 7.74. The number of anilines is 1. The van der Waals surface area contributed by atoms with Crippen molar-refractivity contribution < 1.29 is 32.6 Å². The van der Waals surface area contributed by atoms with Crippen LogP contribution in [0.15, 0.2) is 42.5 Å². The maximum atomic E-state index is 15.9. The Kier molecular flexibility index (Phi) is 7.34. The van der Waals surface area contributed by atoms with Crippen LogP contribution in [0.2, 0.25) is 0 Å². The average molecular weight is 586 g/mol. The highest BCUT2D eigenvalue weighted by molar-refractivity contribution is 7.22. The van der Waals surface area contributed by atoms with E-state index in [2.05, 4.69) is 15.3 Å². The Morgan fingerprint density at radius 2 is 1.88 bits per heavy atom. The highest BCUT2D eigenvalue weighted by Crippen LogP contribution is 2.53. The zero-order chi connectivity index (χ0) is 29.5. The van der Waals surface area contributed by atoms with Gasteiger partial charge in [-0.25, -0.2) is 23.1 Å². The third kappa shape index (κ3) is 5.42. The molecule has 0 aliphatic heterocycles. The highest BCUT2D eigenvalue weighted by atomic mass is 32.1. The largest absolute Gasteiger partial charge is 0.491 e. The summed E-state index contributed by atoms with van der Waals surface area (Å²) in [5, 5.41) is 14.5. The quantitative estimate of drug-likeness (QED) is 0.221. The number of carbonyl (C=O) groups is 2. The van der Waals surface area contributed by atoms with E-state index in [0.717, 1.165) is 17.4 Å². The first-order chi connectivity index (χ1) is 19.4. The number of hydrogen-bond donors (Lipinski definition) is 4. The van der Waals surface area contributed by atoms with Gasteiger partial charge in [0.25, 0.3) is 5.91 Å². The van der Waals surface area contributed by atoms with E-state index < -0.39 is 41.3 Å². The van der Waals surface area contributed by atoms with Gasteiger partial charge >= 0.3 is 0 Å². The van der Waals surface area contributed by atoms with Crippen LogP contribution in [0.25, 0.3) is 21.5 Å². The lowest BCUT2D eigenvalue weighted by molar-refractivity contribution is -0.117. The summed E-state index contributed by atoms with van der Waals surface area (Å²) in [7, 11) is 0. The summed E-state index contributed by atoms with van der Waals surface area (Å²) in [6, 6.07) is 8.95. The van der Waals surface area contributed by atoms with Crippen LogP contribution in [0.4, 0.5) is 18.3 Å². The lowest BCUT2D eigenvalue weighted by Crippen LogP contribution is -2.49. The zero-order valence-corrected chi connectivity index (χ0v) is 22.7. The number of nitrogen functional groups attached to an aromatic ring is 1. The molecule has 41 heavy (non-hydrogen) atoms. The van der Waals surface area contributed by atoms with Crippen LogP contribution < -0.4 is 21.5 Å². The molecule has 4 aromatic rings. The van der Waals surface area contributed by atoms with Crippen LogP contribution in [-0.2, 0) is 16.8 Å². The number of aliphatic hydroxyl groups is 1. The number of nitrogens with zero attached hydrogens (tertiary/aromatic N) is 2. The van der Waals surface area contributed by atoms with Gasteiger partial charge in [0.1, 0.15) is 28.4 Å². The minimum atomic E-state index is -2.36. The van der Waals surface area contributed by atoms with Crippen LogP contribution in [0.1, 0.15) is 41.4 Å². The number of ether oxygens (including phenoxy) is 1. The van der Waals surface area contributed by atoms with E-state index >= 15 is 4.39 Å². The Bertz CT molecular complexity index is 1660. The predicted molar refractivity (Wildman–Crippen MR) is 147 cm³/mol. The second-order valence-electron chi connectivity index (χ2n) is 9.79. The molecule has 0 radical (unpaired) electrons. The van der Waals surface area contributed by atoms with Gasteiger partial charge in [0.2, 0.25) is 5.91 Å². The summed E-state index contributed by atoms with van der Waals surface area (Å²) >= 11 is 0.999. The van der Waals surface area contributed by atoms with Crippen molar-refractivity contribution in [3.8, 4) is 17.0 Å². The molecule has 1 aliphatic carbocycles. The molecule has 2 amide bonds. The number of benzene rings is 2. The van der Waals surface area contributed by atoms with Crippen LogP contribution in [0.5, 0.6) is 5.75 Å². The van der Waals surface area contributed by atoms with Crippen molar-refractivity contribution in [1.29, 1.82) is 0 Å². The lowest BCUT2D eigenvalue weighted by Gasteiger charge is -2.32. The normalized spacial score (nSPS) is 15.3. The Hall–Kier alpha value is -4.23. The second kappa shape index (κ2) is 10.6. The summed E-state index contributed by atoms with van der Waals surface area (Å²) < 4.78 is 50.3. The number of amides is 2. The molecular weight excluding hydrogens is 559 g/mol. The molecule has 9 nitrogen and oxygen atoms in total. The molecular formula is C28H26F3N5O4S. The Morgan fingerprint density at radius 1 is 1.17 bits per heavy atom. The Morgan fingerprint density at radius 3 is 2.51 bits per heavy atom. The molecule has 2 aromatic carbocycles. The fraction of sp³-hybridized carbons (Fsp3) is 0.286. The van der Waals surface area contributed by atoms with Crippen LogP contribution in [-0.4, -0.2) is 45.7 Å². The first-order valence-corrected chi connectivity index (χ1v) is 13.5. The molecule has 1 saturated carbocycles. The van der Waals surface area contributed by atoms with Gasteiger partial charge in [-0.1, -0.05) is 11.3 Å². The number of rotatable bonds is 10. The number of pyridine rings is 1. The fourth-order valence-electron chi connectivity index (χ4n) is 4.67. The number of fused-ring (bicyclic) bond motifs is 1. The topological polar surface area (TPSA) is 153 Å². The van der Waals surface area contributed by atoms with Crippen molar-refractivity contribution in [3.63, 3.8) is 0 Å². The maximum absolute atomic E-state index is 15.9. The van der Waals surface area contributed by atoms with E-state index in [4.69, 9.17) is 16.2 Å². The summed E-state index contributed by atoms with van der Waals surface area (Å²) in [4.78, 5) is 33.4. The molecule has 0 saturated heterocycles. The van der Waals surface area contributed by atoms with E-state index in [1.807, 2.05) is 0 Å². The van der Waals surface area contributed by atoms with Gasteiger partial charge in [0, 0.05) is 16.7 Å². The van der Waals surface area contributed by atoms with Gasteiger partial charge in [0.05, 0.1) is 30.0 Å². The number of nitrogens with two attached hydrogens (primary N) is 2. The number of nitrogens with one attached hydrogen (secondary N) is 1. The highest BCUT2D eigenvalue weighted by Gasteiger charge is 2.62. The molecule has 0 unspecified atom stereocenters. The molecule has 214 valence electrons. The number of aromatic nitrogens is 2. The van der Waals surface area contributed by atoms with Crippen molar-refractivity contribution in [2.75, 3.05) is 18.9 Å². The van der Waals surface area contributed by atoms with E-state index in [-0.39, 0.29) is 64.8 Å². The minimum Gasteiger partial charge on any atom is -0.491 e. The molecule has 13 heteroatoms. The third-order valence-electron chi connectivity index (χ3n) is 6.91. The summed E-state index contributed by atoms with van der Waals surface area (Å²) in [6.07, 6.45) is -0.365. The monoisotopic (exact) mass is 585 g/mol. The number of thiazole rings is 1. The molecule has 1 atom stereocenters. The van der Waals surface area contributed by atoms with Crippen LogP contribution in [0.3, 0.4) is 0 Å². The van der Waals surface area contributed by atoms with Gasteiger partial charge in [0.15, 0.2) is 16.5 Å². The van der Waals surface area contributed by atoms with E-state index in [1.165, 1.54) is 36.4 Å². The Balaban J connectivity index is 1.56. The van der Waals surface area contributed by atoms with Crippen LogP contribution >= 0.6 is 11.3 Å². The van der Waals surface area contributed by atoms with Gasteiger partial charge in [-0.05, 0) is 62.2 Å².